The molecule has 0 spiro atoms. The monoisotopic (exact) mass is 402 g/mol. The molecule has 2 fully saturated rings. The Hall–Kier alpha value is -1.63. The van der Waals surface area contributed by atoms with E-state index >= 15 is 0 Å². The van der Waals surface area contributed by atoms with Gasteiger partial charge in [-0.25, -0.2) is 0 Å². The molecule has 6 nitrogen and oxygen atoms in total. The molecular weight excluding hydrogens is 364 g/mol. The lowest BCUT2D eigenvalue weighted by Gasteiger charge is -2.50. The van der Waals surface area contributed by atoms with Crippen LogP contribution in [0.5, 0.6) is 5.75 Å². The van der Waals surface area contributed by atoms with Crippen LogP contribution in [-0.4, -0.2) is 91.7 Å². The maximum absolute atomic E-state index is 13.5. The van der Waals surface area contributed by atoms with Gasteiger partial charge in [0.1, 0.15) is 5.75 Å². The number of carbonyl (C=O) groups excluding carboxylic acids is 1. The average molecular weight is 403 g/mol. The minimum atomic E-state index is -0.0892. The predicted molar refractivity (Wildman–Crippen MR) is 117 cm³/mol. The van der Waals surface area contributed by atoms with Gasteiger partial charge in [-0.3, -0.25) is 9.69 Å². The van der Waals surface area contributed by atoms with E-state index in [0.717, 1.165) is 64.4 Å². The van der Waals surface area contributed by atoms with E-state index < -0.39 is 0 Å². The van der Waals surface area contributed by atoms with Crippen LogP contribution in [0.2, 0.25) is 0 Å². The number of piperazine rings is 2. The van der Waals surface area contributed by atoms with Crippen LogP contribution in [0.25, 0.3) is 0 Å². The maximum Gasteiger partial charge on any atom is 0.240 e. The number of likely N-dealkylation sites (N-methyl/N-ethyl adjacent to an activating group) is 1. The number of nitrogens with zero attached hydrogens (tertiary/aromatic N) is 3. The lowest BCUT2D eigenvalue weighted by Crippen LogP contribution is -2.70. The molecule has 2 aliphatic rings. The Morgan fingerprint density at radius 3 is 2.69 bits per heavy atom. The fourth-order valence-electron chi connectivity index (χ4n) is 4.64. The molecule has 29 heavy (non-hydrogen) atoms. The summed E-state index contributed by atoms with van der Waals surface area (Å²) >= 11 is 0. The van der Waals surface area contributed by atoms with E-state index in [1.54, 1.807) is 7.11 Å². The van der Waals surface area contributed by atoms with Crippen molar-refractivity contribution in [3.05, 3.63) is 29.8 Å². The molecule has 3 rings (SSSR count). The van der Waals surface area contributed by atoms with Gasteiger partial charge in [0.25, 0.3) is 0 Å². The third-order valence-corrected chi connectivity index (χ3v) is 6.61. The van der Waals surface area contributed by atoms with Crippen LogP contribution in [0.4, 0.5) is 0 Å². The third-order valence-electron chi connectivity index (χ3n) is 6.61. The summed E-state index contributed by atoms with van der Waals surface area (Å²) in [6, 6.07) is 8.92. The standard InChI is InChI=1S/C23H38N4O2/c1-5-19-16-27-20(15-24-19)17-26(12-11-25(6-2)7-3)23(28)22(27)14-18-9-8-10-21(13-18)29-4/h8-10,13,19-20,22,24H,5-7,11-12,14-17H2,1-4H3/t19-,20+,22-/m0/s1. The Kier molecular flexibility index (Phi) is 7.92. The zero-order valence-corrected chi connectivity index (χ0v) is 18.6. The molecule has 0 radical (unpaired) electrons. The summed E-state index contributed by atoms with van der Waals surface area (Å²) < 4.78 is 5.40. The van der Waals surface area contributed by atoms with Crippen LogP contribution < -0.4 is 10.1 Å². The van der Waals surface area contributed by atoms with Crippen LogP contribution in [0.15, 0.2) is 24.3 Å². The quantitative estimate of drug-likeness (QED) is 0.683. The molecule has 0 unspecified atom stereocenters. The number of carbonyl (C=O) groups is 1. The molecule has 1 aromatic rings. The average Bonchev–Trinajstić information content (AvgIpc) is 2.76. The Balaban J connectivity index is 1.78. The third kappa shape index (κ3) is 5.30. The molecule has 162 valence electrons. The number of rotatable bonds is 9. The Morgan fingerprint density at radius 1 is 1.21 bits per heavy atom. The second-order valence-corrected chi connectivity index (χ2v) is 8.25. The van der Waals surface area contributed by atoms with Gasteiger partial charge >= 0.3 is 0 Å². The highest BCUT2D eigenvalue weighted by Crippen LogP contribution is 2.25. The van der Waals surface area contributed by atoms with Crippen LogP contribution in [-0.2, 0) is 11.2 Å². The van der Waals surface area contributed by atoms with E-state index in [2.05, 4.69) is 52.9 Å². The van der Waals surface area contributed by atoms with Crippen molar-refractivity contribution in [2.45, 2.75) is 51.7 Å². The molecule has 1 N–H and O–H groups in total. The zero-order chi connectivity index (χ0) is 20.8. The SMILES string of the molecule is CC[C@H]1CN2[C@H](CN1)CN(CCN(CC)CC)C(=O)[C@@H]2Cc1cccc(OC)c1. The summed E-state index contributed by atoms with van der Waals surface area (Å²) in [6.45, 7) is 13.2. The summed E-state index contributed by atoms with van der Waals surface area (Å²) in [7, 11) is 1.69. The van der Waals surface area contributed by atoms with E-state index in [9.17, 15) is 4.79 Å². The molecule has 1 amide bonds. The first-order valence-corrected chi connectivity index (χ1v) is 11.2. The van der Waals surface area contributed by atoms with Crippen LogP contribution in [0.3, 0.4) is 0 Å². The van der Waals surface area contributed by atoms with Gasteiger partial charge in [-0.05, 0) is 43.6 Å². The molecule has 1 aromatic carbocycles. The van der Waals surface area contributed by atoms with E-state index in [1.807, 2.05) is 12.1 Å². The maximum atomic E-state index is 13.5. The number of amides is 1. The molecule has 0 aliphatic carbocycles. The van der Waals surface area contributed by atoms with Crippen molar-refractivity contribution >= 4 is 5.91 Å². The van der Waals surface area contributed by atoms with Gasteiger partial charge in [-0.15, -0.1) is 0 Å². The van der Waals surface area contributed by atoms with Crippen molar-refractivity contribution < 1.29 is 9.53 Å². The fourth-order valence-corrected chi connectivity index (χ4v) is 4.64. The van der Waals surface area contributed by atoms with Crippen molar-refractivity contribution in [3.8, 4) is 5.75 Å². The molecule has 3 atom stereocenters. The summed E-state index contributed by atoms with van der Waals surface area (Å²) in [6.07, 6.45) is 1.83. The first-order chi connectivity index (χ1) is 14.1. The lowest BCUT2D eigenvalue weighted by molar-refractivity contribution is -0.147. The number of hydrogen-bond acceptors (Lipinski definition) is 5. The Labute approximate surface area is 176 Å². The van der Waals surface area contributed by atoms with E-state index in [-0.39, 0.29) is 11.9 Å². The van der Waals surface area contributed by atoms with Crippen molar-refractivity contribution in [1.29, 1.82) is 0 Å². The van der Waals surface area contributed by atoms with Crippen molar-refractivity contribution in [3.63, 3.8) is 0 Å². The lowest BCUT2D eigenvalue weighted by atomic mass is 9.94. The second kappa shape index (κ2) is 10.4. The highest BCUT2D eigenvalue weighted by atomic mass is 16.5. The number of nitrogens with one attached hydrogen (secondary N) is 1. The molecule has 0 bridgehead atoms. The van der Waals surface area contributed by atoms with Crippen molar-refractivity contribution in [1.82, 2.24) is 20.0 Å². The molecule has 2 saturated heterocycles. The van der Waals surface area contributed by atoms with Crippen LogP contribution in [0, 0.1) is 0 Å². The van der Waals surface area contributed by atoms with Gasteiger partial charge in [0.05, 0.1) is 13.2 Å². The largest absolute Gasteiger partial charge is 0.497 e. The Morgan fingerprint density at radius 2 is 2.00 bits per heavy atom. The van der Waals surface area contributed by atoms with Gasteiger partial charge in [-0.1, -0.05) is 32.9 Å². The number of ether oxygens (including phenoxy) is 1. The number of benzene rings is 1. The van der Waals surface area contributed by atoms with Gasteiger partial charge in [0.2, 0.25) is 5.91 Å². The minimum absolute atomic E-state index is 0.0892. The molecule has 0 saturated carbocycles. The van der Waals surface area contributed by atoms with Crippen molar-refractivity contribution in [2.75, 3.05) is 52.9 Å². The van der Waals surface area contributed by atoms with Crippen LogP contribution in [0.1, 0.15) is 32.8 Å². The van der Waals surface area contributed by atoms with Crippen LogP contribution >= 0.6 is 0 Å². The Bertz CT molecular complexity index is 664. The molecule has 6 heteroatoms. The van der Waals surface area contributed by atoms with E-state index in [4.69, 9.17) is 4.74 Å². The van der Waals surface area contributed by atoms with Crippen molar-refractivity contribution in [2.24, 2.45) is 0 Å². The van der Waals surface area contributed by atoms with Gasteiger partial charge < -0.3 is 19.9 Å². The molecular formula is C23H38N4O2. The number of methoxy groups -OCH3 is 1. The second-order valence-electron chi connectivity index (χ2n) is 8.25. The van der Waals surface area contributed by atoms with Gasteiger partial charge in [0.15, 0.2) is 0 Å². The van der Waals surface area contributed by atoms with Gasteiger partial charge in [-0.2, -0.15) is 0 Å². The minimum Gasteiger partial charge on any atom is -0.497 e. The summed E-state index contributed by atoms with van der Waals surface area (Å²) in [5.74, 6) is 1.14. The first kappa shape index (κ1) is 22.1. The summed E-state index contributed by atoms with van der Waals surface area (Å²) in [5, 5.41) is 3.68. The predicted octanol–water partition coefficient (Wildman–Crippen LogP) is 1.84. The normalized spacial score (nSPS) is 25.3. The molecule has 2 aliphatic heterocycles. The van der Waals surface area contributed by atoms with Gasteiger partial charge in [0, 0.05) is 44.8 Å². The fraction of sp³-hybridized carbons (Fsp3) is 0.696. The first-order valence-electron chi connectivity index (χ1n) is 11.2. The van der Waals surface area contributed by atoms with E-state index in [1.165, 1.54) is 5.56 Å². The van der Waals surface area contributed by atoms with E-state index in [0.29, 0.717) is 12.1 Å². The number of hydrogen-bond donors (Lipinski definition) is 1. The summed E-state index contributed by atoms with van der Waals surface area (Å²) in [5.41, 5.74) is 1.17. The smallest absolute Gasteiger partial charge is 0.240 e. The topological polar surface area (TPSA) is 48.0 Å². The molecule has 0 aromatic heterocycles. The highest BCUT2D eigenvalue weighted by Gasteiger charge is 2.42. The zero-order valence-electron chi connectivity index (χ0n) is 18.6. The number of fused-ring (bicyclic) bond motifs is 1. The molecule has 2 heterocycles. The highest BCUT2D eigenvalue weighted by molar-refractivity contribution is 5.83. The summed E-state index contributed by atoms with van der Waals surface area (Å²) in [4.78, 5) is 20.5.